The van der Waals surface area contributed by atoms with E-state index in [4.69, 9.17) is 9.97 Å². The Labute approximate surface area is 599 Å². The van der Waals surface area contributed by atoms with Gasteiger partial charge >= 0.3 is 0 Å². The molecule has 2 aliphatic heterocycles. The Bertz CT molecular complexity index is 5830. The average molecular weight is 1310 g/mol. The van der Waals surface area contributed by atoms with Crippen molar-refractivity contribution in [2.75, 3.05) is 9.80 Å². The number of benzene rings is 17. The normalized spacial score (nSPS) is 12.2. The topological polar surface area (TPSA) is 32.3 Å². The summed E-state index contributed by atoms with van der Waals surface area (Å²) >= 11 is 0. The van der Waals surface area contributed by atoms with E-state index in [1.165, 1.54) is 70.6 Å². The van der Waals surface area contributed by atoms with Crippen LogP contribution in [-0.4, -0.2) is 16.7 Å². The molecular weight excluding hydrogens is 1240 g/mol. The molecule has 3 heterocycles. The van der Waals surface area contributed by atoms with Gasteiger partial charge in [-0.25, -0.2) is 9.97 Å². The third kappa shape index (κ3) is 10.4. The van der Waals surface area contributed by atoms with Crippen LogP contribution in [0.2, 0.25) is 0 Å². The van der Waals surface area contributed by atoms with Gasteiger partial charge in [0.05, 0.1) is 11.4 Å². The van der Waals surface area contributed by atoms with Crippen LogP contribution < -0.4 is 26.2 Å². The van der Waals surface area contributed by atoms with Gasteiger partial charge in [-0.2, -0.15) is 0 Å². The summed E-state index contributed by atoms with van der Waals surface area (Å²) < 4.78 is 0. The van der Waals surface area contributed by atoms with Crippen LogP contribution in [0.15, 0.2) is 382 Å². The molecule has 20 rings (SSSR count). The first-order chi connectivity index (χ1) is 51.0. The number of rotatable bonds is 11. The van der Waals surface area contributed by atoms with Gasteiger partial charge in [0, 0.05) is 61.6 Å². The van der Waals surface area contributed by atoms with E-state index in [9.17, 15) is 0 Å². The standard InChI is InChI=1S/C98H63BN4/c1-7-23-64(24-8-1)70-39-45-81(46-40-70)102-93-61-80(98-100-91(78-57-74(66-27-11-3-12-28-66)55-75(58-78)67-29-13-4-14-30-67)63-92(101-98)79-59-76(68-31-15-5-16-32-68)56-77(60-79)69-33-17-6-18-34-69)62-94-95(93)99(89-53-51-85-83-37-21-19-35-72(83)43-49-87(85)96(89)102)90-54-52-86-84-38-22-20-36-73(84)44-50-88(86)97(90)103(94)82-47-41-71(42-48-82)65-25-9-2-10-26-65/h1-63H. The molecule has 478 valence electrons. The van der Waals surface area contributed by atoms with Crippen LogP contribution in [0.1, 0.15) is 0 Å². The smallest absolute Gasteiger partial charge is 0.252 e. The third-order valence-corrected chi connectivity index (χ3v) is 21.2. The van der Waals surface area contributed by atoms with Crippen LogP contribution in [-0.2, 0) is 0 Å². The maximum atomic E-state index is 5.99. The Morgan fingerprint density at radius 1 is 0.204 bits per heavy atom. The average Bonchev–Trinajstić information content (AvgIpc) is 0.684. The van der Waals surface area contributed by atoms with Crippen LogP contribution in [0, 0.1) is 0 Å². The molecule has 0 unspecified atom stereocenters. The van der Waals surface area contributed by atoms with E-state index in [2.05, 4.69) is 392 Å². The molecule has 0 spiro atoms. The van der Waals surface area contributed by atoms with Gasteiger partial charge in [-0.05, 0) is 194 Å². The Kier molecular flexibility index (Phi) is 14.3. The zero-order valence-electron chi connectivity index (χ0n) is 56.2. The molecule has 103 heavy (non-hydrogen) atoms. The molecule has 2 aliphatic rings. The maximum Gasteiger partial charge on any atom is 0.252 e. The minimum Gasteiger partial charge on any atom is -0.311 e. The van der Waals surface area contributed by atoms with E-state index >= 15 is 0 Å². The monoisotopic (exact) mass is 1310 g/mol. The first kappa shape index (κ1) is 59.6. The highest BCUT2D eigenvalue weighted by molar-refractivity contribution is 7.01. The summed E-state index contributed by atoms with van der Waals surface area (Å²) in [7, 11) is 0. The Morgan fingerprint density at radius 2 is 0.505 bits per heavy atom. The Hall–Kier alpha value is -13.5. The number of hydrogen-bond acceptors (Lipinski definition) is 4. The highest BCUT2D eigenvalue weighted by Crippen LogP contribution is 2.51. The quantitative estimate of drug-likeness (QED) is 0.0954. The minimum atomic E-state index is -0.215. The van der Waals surface area contributed by atoms with Crippen molar-refractivity contribution >= 4 is 100 Å². The van der Waals surface area contributed by atoms with Crippen LogP contribution >= 0.6 is 0 Å². The largest absolute Gasteiger partial charge is 0.311 e. The molecule has 1 aromatic heterocycles. The summed E-state index contributed by atoms with van der Waals surface area (Å²) in [6, 6.07) is 140. The van der Waals surface area contributed by atoms with E-state index in [1.54, 1.807) is 0 Å². The van der Waals surface area contributed by atoms with Crippen LogP contribution in [0.4, 0.5) is 34.1 Å². The molecule has 0 atom stereocenters. The molecule has 18 aromatic rings. The van der Waals surface area contributed by atoms with Crippen molar-refractivity contribution in [2.45, 2.75) is 0 Å². The van der Waals surface area contributed by atoms with Gasteiger partial charge in [0.15, 0.2) is 5.82 Å². The lowest BCUT2D eigenvalue weighted by atomic mass is 9.33. The Balaban J connectivity index is 0.917. The second-order valence-electron chi connectivity index (χ2n) is 27.2. The molecule has 0 amide bonds. The molecule has 0 saturated heterocycles. The van der Waals surface area contributed by atoms with Gasteiger partial charge in [0.25, 0.3) is 6.71 Å². The van der Waals surface area contributed by atoms with Crippen LogP contribution in [0.5, 0.6) is 0 Å². The first-order valence-corrected chi connectivity index (χ1v) is 35.5. The number of nitrogens with zero attached hydrogens (tertiary/aromatic N) is 4. The Morgan fingerprint density at radius 3 is 0.864 bits per heavy atom. The van der Waals surface area contributed by atoms with E-state index in [0.29, 0.717) is 5.82 Å². The van der Waals surface area contributed by atoms with E-state index in [-0.39, 0.29) is 6.71 Å². The van der Waals surface area contributed by atoms with E-state index in [1.807, 2.05) is 0 Å². The number of anilines is 6. The second-order valence-corrected chi connectivity index (χ2v) is 27.2. The molecular formula is C98H63BN4. The summed E-state index contributed by atoms with van der Waals surface area (Å²) in [5, 5.41) is 9.58. The first-order valence-electron chi connectivity index (χ1n) is 35.5. The van der Waals surface area contributed by atoms with Gasteiger partial charge < -0.3 is 9.80 Å². The zero-order valence-corrected chi connectivity index (χ0v) is 56.2. The highest BCUT2D eigenvalue weighted by atomic mass is 15.2. The van der Waals surface area contributed by atoms with Gasteiger partial charge in [0.1, 0.15) is 0 Å². The number of fused-ring (bicyclic) bond motifs is 12. The molecule has 0 saturated carbocycles. The van der Waals surface area contributed by atoms with Crippen molar-refractivity contribution in [3.05, 3.63) is 382 Å². The lowest BCUT2D eigenvalue weighted by Gasteiger charge is -2.45. The lowest BCUT2D eigenvalue weighted by molar-refractivity contribution is 1.18. The van der Waals surface area contributed by atoms with E-state index in [0.717, 1.165) is 118 Å². The minimum absolute atomic E-state index is 0.215. The van der Waals surface area contributed by atoms with Crippen molar-refractivity contribution in [3.63, 3.8) is 0 Å². The van der Waals surface area contributed by atoms with Crippen molar-refractivity contribution < 1.29 is 0 Å². The van der Waals surface area contributed by atoms with E-state index < -0.39 is 0 Å². The lowest BCUT2D eigenvalue weighted by Crippen LogP contribution is -2.61. The molecule has 0 radical (unpaired) electrons. The third-order valence-electron chi connectivity index (χ3n) is 21.2. The summed E-state index contributed by atoms with van der Waals surface area (Å²) in [4.78, 5) is 17.1. The SMILES string of the molecule is c1ccc(-c2ccc(N3c4cc(-c5nc(-c6cc(-c7ccccc7)cc(-c7ccccc7)c6)cc(-c6cc(-c7ccccc7)cc(-c7ccccc7)c6)n5)cc5c4B(c4ccc6c(ccc7ccccc76)c43)c3ccc4c(ccc6ccccc64)c3N5c3ccc(-c4ccccc4)cc3)cc2)cc1. The fourth-order valence-electron chi connectivity index (χ4n) is 16.3. The summed E-state index contributed by atoms with van der Waals surface area (Å²) in [6.45, 7) is -0.215. The summed E-state index contributed by atoms with van der Waals surface area (Å²) in [5.41, 5.74) is 28.1. The summed E-state index contributed by atoms with van der Waals surface area (Å²) in [5.74, 6) is 0.601. The molecule has 17 aromatic carbocycles. The van der Waals surface area contributed by atoms with Crippen molar-refractivity contribution in [3.8, 4) is 101 Å². The van der Waals surface area contributed by atoms with Gasteiger partial charge in [-0.1, -0.05) is 303 Å². The fourth-order valence-corrected chi connectivity index (χ4v) is 16.3. The predicted octanol–water partition coefficient (Wildman–Crippen LogP) is 24.2. The van der Waals surface area contributed by atoms with Gasteiger partial charge in [-0.15, -0.1) is 0 Å². The number of aromatic nitrogens is 2. The number of hydrogen-bond donors (Lipinski definition) is 0. The van der Waals surface area contributed by atoms with Crippen LogP contribution in [0.25, 0.3) is 144 Å². The second kappa shape index (κ2) is 24.8. The van der Waals surface area contributed by atoms with Crippen LogP contribution in [0.3, 0.4) is 0 Å². The molecule has 5 heteroatoms. The molecule has 0 N–H and O–H groups in total. The molecule has 4 nitrogen and oxygen atoms in total. The maximum absolute atomic E-state index is 5.99. The fraction of sp³-hybridized carbons (Fsp3) is 0. The molecule has 0 aliphatic carbocycles. The molecule has 0 bridgehead atoms. The highest BCUT2D eigenvalue weighted by Gasteiger charge is 2.45. The van der Waals surface area contributed by atoms with Gasteiger partial charge in [-0.3, -0.25) is 0 Å². The van der Waals surface area contributed by atoms with Gasteiger partial charge in [0.2, 0.25) is 0 Å². The molecule has 0 fully saturated rings. The van der Waals surface area contributed by atoms with Crippen molar-refractivity contribution in [2.24, 2.45) is 0 Å². The van der Waals surface area contributed by atoms with Crippen molar-refractivity contribution in [1.82, 2.24) is 9.97 Å². The van der Waals surface area contributed by atoms with Crippen molar-refractivity contribution in [1.29, 1.82) is 0 Å². The zero-order chi connectivity index (χ0) is 67.9. The summed E-state index contributed by atoms with van der Waals surface area (Å²) in [6.07, 6.45) is 0. The predicted molar refractivity (Wildman–Crippen MR) is 435 cm³/mol.